The van der Waals surface area contributed by atoms with Gasteiger partial charge in [0.2, 0.25) is 0 Å². The summed E-state index contributed by atoms with van der Waals surface area (Å²) in [5.41, 5.74) is 16.6. The van der Waals surface area contributed by atoms with Crippen molar-refractivity contribution in [3.05, 3.63) is 242 Å². The number of nitrogens with zero attached hydrogens (tertiary/aromatic N) is 4. The van der Waals surface area contributed by atoms with Crippen LogP contribution in [0.1, 0.15) is 11.1 Å². The highest BCUT2D eigenvalue weighted by molar-refractivity contribution is 6.15. The van der Waals surface area contributed by atoms with E-state index >= 15 is 0 Å². The van der Waals surface area contributed by atoms with Crippen molar-refractivity contribution >= 4 is 43.6 Å². The predicted molar refractivity (Wildman–Crippen MR) is 272 cm³/mol. The zero-order valence-corrected chi connectivity index (χ0v) is 35.7. The molecule has 0 amide bonds. The molecule has 0 N–H and O–H groups in total. The second-order valence-electron chi connectivity index (χ2n) is 16.7. The van der Waals surface area contributed by atoms with E-state index in [1.807, 2.05) is 42.5 Å². The van der Waals surface area contributed by atoms with Gasteiger partial charge in [0.25, 0.3) is 0 Å². The van der Waals surface area contributed by atoms with Crippen LogP contribution < -0.4 is 0 Å². The van der Waals surface area contributed by atoms with Gasteiger partial charge < -0.3 is 9.13 Å². The van der Waals surface area contributed by atoms with Crippen LogP contribution in [0.25, 0.3) is 111 Å². The van der Waals surface area contributed by atoms with Gasteiger partial charge in [-0.25, -0.2) is 0 Å². The Hall–Kier alpha value is -9.22. The molecular weight excluding hydrogens is 801 g/mol. The van der Waals surface area contributed by atoms with Crippen molar-refractivity contribution in [2.24, 2.45) is 0 Å². The third-order valence-electron chi connectivity index (χ3n) is 13.0. The van der Waals surface area contributed by atoms with Gasteiger partial charge in [-0.3, -0.25) is 0 Å². The Morgan fingerprint density at radius 1 is 0.258 bits per heavy atom. The van der Waals surface area contributed by atoms with Gasteiger partial charge in [0.05, 0.1) is 50.6 Å². The predicted octanol–water partition coefficient (Wildman–Crippen LogP) is 16.0. The molecule has 0 aliphatic rings. The molecule has 66 heavy (non-hydrogen) atoms. The van der Waals surface area contributed by atoms with Crippen molar-refractivity contribution in [1.29, 1.82) is 10.5 Å². The Balaban J connectivity index is 1.26. The number of hydrogen-bond acceptors (Lipinski definition) is 2. The Labute approximate surface area is 382 Å². The lowest BCUT2D eigenvalue weighted by Crippen LogP contribution is -2.10. The number of rotatable bonds is 7. The SMILES string of the molecule is N#Cc1cc(C#N)c(-n2c3ccc(-c4ccccc4)cc3c3cc(-c4ccccc4)ccc32)c(-n2c3ccc(-c4ccccc4)cc3c3cc(-c4ccccc4)ccc32)c1-c1ccccc1. The first-order chi connectivity index (χ1) is 32.7. The van der Waals surface area contributed by atoms with Gasteiger partial charge in [0, 0.05) is 27.1 Å². The van der Waals surface area contributed by atoms with Crippen molar-refractivity contribution < 1.29 is 0 Å². The fourth-order valence-electron chi connectivity index (χ4n) is 9.94. The molecule has 0 saturated heterocycles. The molecule has 2 aromatic heterocycles. The van der Waals surface area contributed by atoms with E-state index in [4.69, 9.17) is 0 Å². The lowest BCUT2D eigenvalue weighted by molar-refractivity contribution is 1.09. The third kappa shape index (κ3) is 6.28. The van der Waals surface area contributed by atoms with Crippen molar-refractivity contribution in [3.63, 3.8) is 0 Å². The van der Waals surface area contributed by atoms with Crippen LogP contribution in [0.4, 0.5) is 0 Å². The molecule has 0 saturated carbocycles. The second-order valence-corrected chi connectivity index (χ2v) is 16.7. The molecular formula is C62H38N4. The maximum atomic E-state index is 11.4. The minimum Gasteiger partial charge on any atom is -0.306 e. The van der Waals surface area contributed by atoms with Gasteiger partial charge in [0.1, 0.15) is 6.07 Å². The minimum absolute atomic E-state index is 0.399. The van der Waals surface area contributed by atoms with Crippen LogP contribution in [0.5, 0.6) is 0 Å². The van der Waals surface area contributed by atoms with Gasteiger partial charge >= 0.3 is 0 Å². The molecule has 0 unspecified atom stereocenters. The summed E-state index contributed by atoms with van der Waals surface area (Å²) in [7, 11) is 0. The average molecular weight is 839 g/mol. The highest BCUT2D eigenvalue weighted by Gasteiger charge is 2.28. The van der Waals surface area contributed by atoms with Crippen molar-refractivity contribution in [2.45, 2.75) is 0 Å². The zero-order valence-electron chi connectivity index (χ0n) is 35.7. The van der Waals surface area contributed by atoms with Gasteiger partial charge in [-0.1, -0.05) is 176 Å². The summed E-state index contributed by atoms with van der Waals surface area (Å²) in [4.78, 5) is 0. The van der Waals surface area contributed by atoms with Crippen LogP contribution in [0, 0.1) is 22.7 Å². The standard InChI is InChI=1S/C62H38N4/c63-39-50-34-51(40-64)61(65-56-30-26-46(41-16-6-1-7-17-41)35-52(56)53-36-47(27-31-57(53)65)42-18-8-2-9-19-42)62(60(50)45-24-14-5-15-25-45)66-58-32-28-48(43-20-10-3-11-21-43)37-54(58)55-38-49(29-33-59(55)66)44-22-12-4-13-23-44/h1-38H. The molecule has 0 radical (unpaired) electrons. The lowest BCUT2D eigenvalue weighted by atomic mass is 9.93. The molecule has 0 aliphatic heterocycles. The lowest BCUT2D eigenvalue weighted by Gasteiger charge is -2.23. The van der Waals surface area contributed by atoms with E-state index in [2.05, 4.69) is 203 Å². The fraction of sp³-hybridized carbons (Fsp3) is 0. The smallest absolute Gasteiger partial charge is 0.101 e. The first-order valence-corrected chi connectivity index (χ1v) is 22.1. The van der Waals surface area contributed by atoms with Crippen LogP contribution in [0.15, 0.2) is 231 Å². The van der Waals surface area contributed by atoms with Crippen LogP contribution >= 0.6 is 0 Å². The summed E-state index contributed by atoms with van der Waals surface area (Å²) in [6.45, 7) is 0. The monoisotopic (exact) mass is 838 g/mol. The average Bonchev–Trinajstić information content (AvgIpc) is 3.90. The number of benzene rings is 10. The maximum Gasteiger partial charge on any atom is 0.101 e. The first kappa shape index (κ1) is 38.5. The Kier molecular flexibility index (Phi) is 9.23. The summed E-state index contributed by atoms with van der Waals surface area (Å²) in [6, 6.07) is 85.6. The third-order valence-corrected chi connectivity index (χ3v) is 13.0. The molecule has 306 valence electrons. The molecule has 2 heterocycles. The molecule has 12 aromatic rings. The summed E-state index contributed by atoms with van der Waals surface area (Å²) < 4.78 is 4.58. The second kappa shape index (κ2) is 15.8. The van der Waals surface area contributed by atoms with Crippen LogP contribution in [-0.2, 0) is 0 Å². The molecule has 4 heteroatoms. The summed E-state index contributed by atoms with van der Waals surface area (Å²) in [5.74, 6) is 0. The maximum absolute atomic E-state index is 11.4. The van der Waals surface area contributed by atoms with Crippen molar-refractivity contribution in [1.82, 2.24) is 9.13 Å². The van der Waals surface area contributed by atoms with Gasteiger partial charge in [-0.05, 0) is 105 Å². The summed E-state index contributed by atoms with van der Waals surface area (Å²) in [5, 5.41) is 26.8. The van der Waals surface area contributed by atoms with E-state index in [0.29, 0.717) is 16.8 Å². The Morgan fingerprint density at radius 3 is 0.848 bits per heavy atom. The van der Waals surface area contributed by atoms with E-state index in [9.17, 15) is 10.5 Å². The van der Waals surface area contributed by atoms with Gasteiger partial charge in [-0.15, -0.1) is 0 Å². The minimum atomic E-state index is 0.399. The van der Waals surface area contributed by atoms with E-state index in [1.165, 1.54) is 0 Å². The van der Waals surface area contributed by atoms with Crippen LogP contribution in [-0.4, -0.2) is 9.13 Å². The molecule has 10 aromatic carbocycles. The topological polar surface area (TPSA) is 57.4 Å². The van der Waals surface area contributed by atoms with Crippen LogP contribution in [0.3, 0.4) is 0 Å². The molecule has 0 spiro atoms. The molecule has 12 rings (SSSR count). The highest BCUT2D eigenvalue weighted by atomic mass is 15.1. The number of fused-ring (bicyclic) bond motifs is 6. The highest BCUT2D eigenvalue weighted by Crippen LogP contribution is 2.47. The van der Waals surface area contributed by atoms with Crippen molar-refractivity contribution in [2.75, 3.05) is 0 Å². The van der Waals surface area contributed by atoms with Gasteiger partial charge in [0.15, 0.2) is 0 Å². The van der Waals surface area contributed by atoms with E-state index in [0.717, 1.165) is 105 Å². The molecule has 0 fully saturated rings. The fourth-order valence-corrected chi connectivity index (χ4v) is 9.94. The first-order valence-electron chi connectivity index (χ1n) is 22.1. The number of nitriles is 2. The molecule has 0 atom stereocenters. The zero-order chi connectivity index (χ0) is 44.1. The number of aromatic nitrogens is 2. The Morgan fingerprint density at radius 2 is 0.545 bits per heavy atom. The van der Waals surface area contributed by atoms with Gasteiger partial charge in [-0.2, -0.15) is 10.5 Å². The quantitative estimate of drug-likeness (QED) is 0.161. The van der Waals surface area contributed by atoms with E-state index in [1.54, 1.807) is 6.07 Å². The molecule has 0 bridgehead atoms. The van der Waals surface area contributed by atoms with Crippen molar-refractivity contribution in [3.8, 4) is 79.1 Å². The largest absolute Gasteiger partial charge is 0.306 e. The Bertz CT molecular complexity index is 3720. The summed E-state index contributed by atoms with van der Waals surface area (Å²) >= 11 is 0. The summed E-state index contributed by atoms with van der Waals surface area (Å²) in [6.07, 6.45) is 0. The van der Waals surface area contributed by atoms with E-state index < -0.39 is 0 Å². The molecule has 4 nitrogen and oxygen atoms in total. The van der Waals surface area contributed by atoms with Crippen LogP contribution in [0.2, 0.25) is 0 Å². The molecule has 0 aliphatic carbocycles. The normalized spacial score (nSPS) is 11.3. The number of hydrogen-bond donors (Lipinski definition) is 0. The van der Waals surface area contributed by atoms with E-state index in [-0.39, 0.29) is 0 Å².